The lowest BCUT2D eigenvalue weighted by Crippen LogP contribution is -2.21. The molecule has 0 N–H and O–H groups in total. The van der Waals surface area contributed by atoms with Gasteiger partial charge in [0, 0.05) is 32.9 Å². The third kappa shape index (κ3) is 9.92. The minimum atomic E-state index is -1.22. The molecule has 0 heterocycles. The van der Waals surface area contributed by atoms with Crippen molar-refractivity contribution in [1.29, 1.82) is 0 Å². The van der Waals surface area contributed by atoms with Gasteiger partial charge in [-0.2, -0.15) is 0 Å². The second-order valence-corrected chi connectivity index (χ2v) is 20.8. The van der Waals surface area contributed by atoms with Crippen LogP contribution in [0.4, 0.5) is 0 Å². The van der Waals surface area contributed by atoms with Gasteiger partial charge in [-0.25, -0.2) is 0 Å². The van der Waals surface area contributed by atoms with E-state index in [-0.39, 0.29) is 30.7 Å². The molecule has 5 aromatic carbocycles. The maximum atomic E-state index is 7.58. The highest BCUT2D eigenvalue weighted by Gasteiger charge is 2.33. The van der Waals surface area contributed by atoms with E-state index >= 15 is 0 Å². The van der Waals surface area contributed by atoms with Gasteiger partial charge in [0.2, 0.25) is 0 Å². The van der Waals surface area contributed by atoms with Crippen LogP contribution >= 0.6 is 17.2 Å². The zero-order valence-electron chi connectivity index (χ0n) is 34.5. The minimum Gasteiger partial charge on any atom is -0.464 e. The van der Waals surface area contributed by atoms with E-state index in [1.807, 2.05) is 0 Å². The molecule has 5 rings (SSSR count). The molecule has 0 saturated carbocycles. The molecule has 280 valence electrons. The highest BCUT2D eigenvalue weighted by molar-refractivity contribution is 7.68. The maximum Gasteiger partial charge on any atom is 0.275 e. The second kappa shape index (κ2) is 15.6. The summed E-state index contributed by atoms with van der Waals surface area (Å²) in [5.41, 5.74) is 8.58. The van der Waals surface area contributed by atoms with E-state index in [0.29, 0.717) is 0 Å². The van der Waals surface area contributed by atoms with Crippen LogP contribution in [0.1, 0.15) is 116 Å². The topological polar surface area (TPSA) is 27.7 Å². The molecule has 0 saturated heterocycles. The largest absolute Gasteiger partial charge is 0.464 e. The number of aryl methyl sites for hydroxylation is 2. The smallest absolute Gasteiger partial charge is 0.275 e. The van der Waals surface area contributed by atoms with Crippen LogP contribution in [0.25, 0.3) is 11.1 Å². The molecule has 0 amide bonds. The molecule has 0 aliphatic carbocycles. The first-order chi connectivity index (χ1) is 24.6. The lowest BCUT2D eigenvalue weighted by Gasteiger charge is -2.33. The number of hydrogen-bond donors (Lipinski definition) is 0. The zero-order chi connectivity index (χ0) is 38.9. The van der Waals surface area contributed by atoms with Gasteiger partial charge in [-0.15, -0.1) is 0 Å². The predicted octanol–water partition coefficient (Wildman–Crippen LogP) is 13.6. The Hall–Kier alpha value is -3.64. The molecule has 53 heavy (non-hydrogen) atoms. The van der Waals surface area contributed by atoms with E-state index in [1.54, 1.807) is 0 Å². The molecular weight excluding hydrogens is 686 g/mol. The Kier molecular flexibility index (Phi) is 11.9. The first-order valence-corrected chi connectivity index (χ1v) is 20.8. The van der Waals surface area contributed by atoms with Crippen molar-refractivity contribution >= 4 is 27.8 Å². The molecule has 0 radical (unpaired) electrons. The number of rotatable bonds is 9. The summed E-state index contributed by atoms with van der Waals surface area (Å²) in [6, 6.07) is 37.1. The first-order valence-electron chi connectivity index (χ1n) is 18.8. The molecule has 0 aliphatic rings. The molecule has 1 unspecified atom stereocenters. The summed E-state index contributed by atoms with van der Waals surface area (Å²) in [7, 11) is -1.45. The van der Waals surface area contributed by atoms with Crippen LogP contribution in [0.2, 0.25) is 0 Å². The Morgan fingerprint density at radius 3 is 1.28 bits per heavy atom. The van der Waals surface area contributed by atoms with Gasteiger partial charge in [0.25, 0.3) is 9.03 Å². The Morgan fingerprint density at radius 2 is 0.868 bits per heavy atom. The fourth-order valence-corrected chi connectivity index (χ4v) is 8.75. The maximum absolute atomic E-state index is 7.58. The van der Waals surface area contributed by atoms with Gasteiger partial charge in [0.05, 0.1) is 0 Å². The van der Waals surface area contributed by atoms with Gasteiger partial charge in [-0.1, -0.05) is 162 Å². The molecule has 0 bridgehead atoms. The lowest BCUT2D eigenvalue weighted by atomic mass is 9.75. The van der Waals surface area contributed by atoms with Crippen molar-refractivity contribution in [2.24, 2.45) is 0 Å². The van der Waals surface area contributed by atoms with Crippen molar-refractivity contribution < 1.29 is 13.6 Å². The quantitative estimate of drug-likeness (QED) is 0.141. The van der Waals surface area contributed by atoms with Crippen LogP contribution in [-0.2, 0) is 21.7 Å². The molecule has 0 aromatic heterocycles. The molecule has 5 heteroatoms. The van der Waals surface area contributed by atoms with Crippen molar-refractivity contribution in [2.75, 3.05) is 0 Å². The van der Waals surface area contributed by atoms with Gasteiger partial charge in [-0.05, 0) is 82.0 Å². The van der Waals surface area contributed by atoms with Crippen molar-refractivity contribution in [3.63, 3.8) is 0 Å². The third-order valence-electron chi connectivity index (χ3n) is 9.48. The summed E-state index contributed by atoms with van der Waals surface area (Å²) < 4.78 is 20.9. The summed E-state index contributed by atoms with van der Waals surface area (Å²) >= 11 is 0. The van der Waals surface area contributed by atoms with E-state index in [2.05, 4.69) is 200 Å². The highest BCUT2D eigenvalue weighted by Crippen LogP contribution is 2.53. The number of hydrogen-bond acceptors (Lipinski definition) is 3. The molecule has 0 fully saturated rings. The fraction of sp³-hybridized carbons (Fsp3) is 0.375. The standard InChI is InChI=1S/C48H60O3P2/c1-32-25-33(2)27-36(26-32)49-52-50-43-39(28-34(45(3,4)5)30-41(43)47(9,10)11)40-29-35(46(6,7)8)31-42(48(12,13)14)44(40)51-53(37-21-17-15-18-22-37)38-23-19-16-20-24-38/h15-31,52H,1-14H3. The van der Waals surface area contributed by atoms with E-state index in [4.69, 9.17) is 13.6 Å². The van der Waals surface area contributed by atoms with E-state index in [0.717, 1.165) is 44.5 Å². The van der Waals surface area contributed by atoms with Crippen molar-refractivity contribution in [1.82, 2.24) is 0 Å². The van der Waals surface area contributed by atoms with Crippen LogP contribution in [-0.4, -0.2) is 0 Å². The van der Waals surface area contributed by atoms with Crippen molar-refractivity contribution in [3.8, 4) is 28.4 Å². The molecule has 3 nitrogen and oxygen atoms in total. The summed E-state index contributed by atoms with van der Waals surface area (Å²) in [6.45, 7) is 31.6. The van der Waals surface area contributed by atoms with Crippen LogP contribution in [0.5, 0.6) is 17.2 Å². The van der Waals surface area contributed by atoms with Gasteiger partial charge in [0.15, 0.2) is 8.15 Å². The third-order valence-corrected chi connectivity index (χ3v) is 12.0. The summed E-state index contributed by atoms with van der Waals surface area (Å²) in [5, 5.41) is 2.33. The van der Waals surface area contributed by atoms with Gasteiger partial charge >= 0.3 is 0 Å². The van der Waals surface area contributed by atoms with E-state index < -0.39 is 8.15 Å². The Balaban J connectivity index is 1.85. The number of benzene rings is 5. The summed E-state index contributed by atoms with van der Waals surface area (Å²) in [6.07, 6.45) is 0. The highest BCUT2D eigenvalue weighted by atomic mass is 31.1. The van der Waals surface area contributed by atoms with Gasteiger partial charge in [-0.3, -0.25) is 0 Å². The average Bonchev–Trinajstić information content (AvgIpc) is 3.05. The van der Waals surface area contributed by atoms with Crippen LogP contribution in [0.15, 0.2) is 103 Å². The van der Waals surface area contributed by atoms with Crippen LogP contribution in [0.3, 0.4) is 0 Å². The van der Waals surface area contributed by atoms with Crippen LogP contribution in [0, 0.1) is 13.8 Å². The molecule has 1 atom stereocenters. The van der Waals surface area contributed by atoms with Gasteiger partial charge < -0.3 is 13.6 Å². The van der Waals surface area contributed by atoms with E-state index in [1.165, 1.54) is 27.8 Å². The van der Waals surface area contributed by atoms with Crippen molar-refractivity contribution in [3.05, 3.63) is 137 Å². The molecule has 0 aliphatic heterocycles. The summed E-state index contributed by atoms with van der Waals surface area (Å²) in [5.74, 6) is 2.56. The van der Waals surface area contributed by atoms with Gasteiger partial charge in [0.1, 0.15) is 17.2 Å². The summed E-state index contributed by atoms with van der Waals surface area (Å²) in [4.78, 5) is 0. The lowest BCUT2D eigenvalue weighted by molar-refractivity contribution is 0.490. The van der Waals surface area contributed by atoms with Crippen molar-refractivity contribution in [2.45, 2.75) is 119 Å². The molecule has 5 aromatic rings. The SMILES string of the molecule is Cc1cc(C)cc(OPOc2c(-c3cc(C(C)(C)C)cc(C(C)(C)C)c3OP(c3ccccc3)c3ccccc3)cc(C(C)(C)C)cc2C(C)(C)C)c1. The minimum absolute atomic E-state index is 0.110. The van der Waals surface area contributed by atoms with Crippen LogP contribution < -0.4 is 24.2 Å². The molecule has 0 spiro atoms. The average molecular weight is 747 g/mol. The fourth-order valence-electron chi connectivity index (χ4n) is 6.42. The monoisotopic (exact) mass is 746 g/mol. The zero-order valence-corrected chi connectivity index (χ0v) is 36.4. The normalized spacial score (nSPS) is 12.8. The Morgan fingerprint density at radius 1 is 0.453 bits per heavy atom. The second-order valence-electron chi connectivity index (χ2n) is 18.5. The first kappa shape index (κ1) is 40.5. The van der Waals surface area contributed by atoms with E-state index in [9.17, 15) is 0 Å². The molecular formula is C48H60O3P2. The predicted molar refractivity (Wildman–Crippen MR) is 232 cm³/mol. The Bertz CT molecular complexity index is 1960. The Labute approximate surface area is 323 Å².